The van der Waals surface area contributed by atoms with Crippen LogP contribution in [0, 0.1) is 0 Å². The summed E-state index contributed by atoms with van der Waals surface area (Å²) in [5.41, 5.74) is 12.7. The Labute approximate surface area is 264 Å². The largest absolute Gasteiger partial charge is 0.337 e. The van der Waals surface area contributed by atoms with Gasteiger partial charge in [0.2, 0.25) is 0 Å². The molecule has 0 aliphatic carbocycles. The van der Waals surface area contributed by atoms with Crippen LogP contribution in [-0.4, -0.2) is 11.1 Å². The molecule has 1 aliphatic rings. The van der Waals surface area contributed by atoms with Crippen LogP contribution < -0.4 is 4.90 Å². The first-order valence-electron chi connectivity index (χ1n) is 15.4. The van der Waals surface area contributed by atoms with E-state index in [9.17, 15) is 0 Å². The summed E-state index contributed by atoms with van der Waals surface area (Å²) in [6.07, 6.45) is 8.55. The lowest BCUT2D eigenvalue weighted by Gasteiger charge is -2.28. The molecule has 2 heteroatoms. The number of para-hydroxylation sites is 2. The molecule has 7 aromatic rings. The average molecular weight is 577 g/mol. The molecule has 1 aliphatic heterocycles. The predicted octanol–water partition coefficient (Wildman–Crippen LogP) is 11.4. The molecule has 0 radical (unpaired) electrons. The highest BCUT2D eigenvalue weighted by Crippen LogP contribution is 2.40. The van der Waals surface area contributed by atoms with Crippen molar-refractivity contribution >= 4 is 38.8 Å². The Morgan fingerprint density at radius 3 is 1.69 bits per heavy atom. The van der Waals surface area contributed by atoms with Gasteiger partial charge in [0.1, 0.15) is 0 Å². The van der Waals surface area contributed by atoms with Gasteiger partial charge in [-0.25, -0.2) is 0 Å². The van der Waals surface area contributed by atoms with Gasteiger partial charge >= 0.3 is 0 Å². The smallest absolute Gasteiger partial charge is 0.0541 e. The summed E-state index contributed by atoms with van der Waals surface area (Å²) in [5, 5.41) is 2.51. The molecule has 0 saturated heterocycles. The molecule has 8 rings (SSSR count). The van der Waals surface area contributed by atoms with E-state index in [4.69, 9.17) is 0 Å². The number of hydrogen-bond acceptors (Lipinski definition) is 1. The van der Waals surface area contributed by atoms with Crippen molar-refractivity contribution in [1.82, 2.24) is 4.57 Å². The average Bonchev–Trinajstić information content (AvgIpc) is 3.47. The van der Waals surface area contributed by atoms with Crippen molar-refractivity contribution in [3.05, 3.63) is 182 Å². The predicted molar refractivity (Wildman–Crippen MR) is 192 cm³/mol. The minimum Gasteiger partial charge on any atom is -0.337 e. The number of rotatable bonds is 4. The molecule has 6 aromatic carbocycles. The number of allylic oxidation sites excluding steroid dienone is 4. The molecule has 45 heavy (non-hydrogen) atoms. The first-order valence-corrected chi connectivity index (χ1v) is 15.4. The van der Waals surface area contributed by atoms with E-state index < -0.39 is 0 Å². The first-order chi connectivity index (χ1) is 22.2. The quantitative estimate of drug-likeness (QED) is 0.202. The maximum atomic E-state index is 4.55. The topological polar surface area (TPSA) is 8.17 Å². The summed E-state index contributed by atoms with van der Waals surface area (Å²) in [6, 6.07) is 52.4. The lowest BCUT2D eigenvalue weighted by atomic mass is 9.96. The normalized spacial score (nSPS) is 14.5. The second-order valence-electron chi connectivity index (χ2n) is 11.5. The van der Waals surface area contributed by atoms with Crippen LogP contribution >= 0.6 is 0 Å². The molecule has 0 N–H and O–H groups in total. The number of benzene rings is 6. The molecule has 0 saturated carbocycles. The monoisotopic (exact) mass is 576 g/mol. The van der Waals surface area contributed by atoms with Crippen LogP contribution in [0.5, 0.6) is 0 Å². The fourth-order valence-electron chi connectivity index (χ4n) is 6.57. The summed E-state index contributed by atoms with van der Waals surface area (Å²) in [5.74, 6) is 0. The fraction of sp³-hybridized carbons (Fsp3) is 0.0233. The molecule has 2 nitrogen and oxygen atoms in total. The second kappa shape index (κ2) is 11.3. The Kier molecular flexibility index (Phi) is 6.73. The van der Waals surface area contributed by atoms with Crippen LogP contribution in [0.15, 0.2) is 176 Å². The van der Waals surface area contributed by atoms with Gasteiger partial charge in [0.15, 0.2) is 0 Å². The van der Waals surface area contributed by atoms with Crippen molar-refractivity contribution in [1.29, 1.82) is 0 Å². The molecule has 0 fully saturated rings. The minimum atomic E-state index is 0.728. The van der Waals surface area contributed by atoms with Gasteiger partial charge in [-0.1, -0.05) is 128 Å². The zero-order chi connectivity index (χ0) is 30.2. The Balaban J connectivity index is 1.34. The molecule has 0 spiro atoms. The van der Waals surface area contributed by atoms with Gasteiger partial charge in [0, 0.05) is 39.9 Å². The van der Waals surface area contributed by atoms with E-state index >= 15 is 0 Å². The molecule has 1 aromatic heterocycles. The standard InChI is InChI=1S/C43H32N2/c1-31-15-5-4-14-26-44(37-28-34(32-16-6-2-7-17-32)27-35(29-37)33-18-8-3-9-19-33)41-25-24-36(30-40(31)41)45-42-22-12-10-20-38(42)39-21-11-13-23-43(39)45/h2-25,27-30H,1,26H2/b14-4-,15-5-. The Hall–Kier alpha value is -5.86. The summed E-state index contributed by atoms with van der Waals surface area (Å²) in [6.45, 7) is 5.28. The molecule has 214 valence electrons. The van der Waals surface area contributed by atoms with E-state index in [1.807, 2.05) is 0 Å². The van der Waals surface area contributed by atoms with E-state index in [1.54, 1.807) is 0 Å². The van der Waals surface area contributed by atoms with E-state index in [2.05, 4.69) is 186 Å². The van der Waals surface area contributed by atoms with Gasteiger partial charge < -0.3 is 9.47 Å². The van der Waals surface area contributed by atoms with Crippen molar-refractivity contribution in [2.24, 2.45) is 0 Å². The molecule has 0 atom stereocenters. The number of hydrogen-bond donors (Lipinski definition) is 0. The fourth-order valence-corrected chi connectivity index (χ4v) is 6.57. The number of fused-ring (bicyclic) bond motifs is 4. The highest BCUT2D eigenvalue weighted by molar-refractivity contribution is 6.09. The van der Waals surface area contributed by atoms with Crippen LogP contribution in [0.2, 0.25) is 0 Å². The van der Waals surface area contributed by atoms with E-state index in [0.717, 1.165) is 34.7 Å². The molecule has 0 unspecified atom stereocenters. The Morgan fingerprint density at radius 2 is 1.07 bits per heavy atom. The van der Waals surface area contributed by atoms with Gasteiger partial charge in [0.05, 0.1) is 11.0 Å². The third kappa shape index (κ3) is 4.87. The van der Waals surface area contributed by atoms with Crippen molar-refractivity contribution < 1.29 is 0 Å². The highest BCUT2D eigenvalue weighted by Gasteiger charge is 2.19. The SMILES string of the molecule is C=C1/C=C\C=C/CN(c2cc(-c3ccccc3)cc(-c3ccccc3)c2)c2ccc(-n3c4ccccc4c4ccccc43)cc21. The van der Waals surface area contributed by atoms with Crippen LogP contribution in [0.25, 0.3) is 55.3 Å². The number of aromatic nitrogens is 1. The van der Waals surface area contributed by atoms with Crippen molar-refractivity contribution in [2.45, 2.75) is 0 Å². The highest BCUT2D eigenvalue weighted by atomic mass is 15.1. The zero-order valence-electron chi connectivity index (χ0n) is 25.0. The maximum Gasteiger partial charge on any atom is 0.0541 e. The van der Waals surface area contributed by atoms with Gasteiger partial charge in [-0.3, -0.25) is 0 Å². The number of nitrogens with zero attached hydrogens (tertiary/aromatic N) is 2. The Bertz CT molecular complexity index is 2140. The van der Waals surface area contributed by atoms with Crippen LogP contribution in [-0.2, 0) is 0 Å². The third-order valence-electron chi connectivity index (χ3n) is 8.73. The summed E-state index contributed by atoms with van der Waals surface area (Å²) in [7, 11) is 0. The van der Waals surface area contributed by atoms with Crippen LogP contribution in [0.4, 0.5) is 11.4 Å². The minimum absolute atomic E-state index is 0.728. The first kappa shape index (κ1) is 26.7. The third-order valence-corrected chi connectivity index (χ3v) is 8.73. The van der Waals surface area contributed by atoms with Gasteiger partial charge in [-0.05, 0) is 76.4 Å². The summed E-state index contributed by atoms with van der Waals surface area (Å²) in [4.78, 5) is 2.42. The molecule has 0 amide bonds. The second-order valence-corrected chi connectivity index (χ2v) is 11.5. The summed E-state index contributed by atoms with van der Waals surface area (Å²) < 4.78 is 2.38. The van der Waals surface area contributed by atoms with Crippen molar-refractivity contribution in [3.8, 4) is 27.9 Å². The van der Waals surface area contributed by atoms with Crippen LogP contribution in [0.1, 0.15) is 5.56 Å². The van der Waals surface area contributed by atoms with Gasteiger partial charge in [-0.2, -0.15) is 0 Å². The zero-order valence-corrected chi connectivity index (χ0v) is 25.0. The van der Waals surface area contributed by atoms with Crippen molar-refractivity contribution in [2.75, 3.05) is 11.4 Å². The van der Waals surface area contributed by atoms with E-state index in [1.165, 1.54) is 44.1 Å². The molecule has 0 bridgehead atoms. The van der Waals surface area contributed by atoms with Crippen LogP contribution in [0.3, 0.4) is 0 Å². The lowest BCUT2D eigenvalue weighted by molar-refractivity contribution is 1.09. The maximum absolute atomic E-state index is 4.55. The molecular formula is C43H32N2. The molecule has 2 heterocycles. The Morgan fingerprint density at radius 1 is 0.489 bits per heavy atom. The lowest BCUT2D eigenvalue weighted by Crippen LogP contribution is -2.18. The molecular weight excluding hydrogens is 544 g/mol. The van der Waals surface area contributed by atoms with Gasteiger partial charge in [0.25, 0.3) is 0 Å². The van der Waals surface area contributed by atoms with Gasteiger partial charge in [-0.15, -0.1) is 0 Å². The number of anilines is 2. The van der Waals surface area contributed by atoms with Crippen molar-refractivity contribution in [3.63, 3.8) is 0 Å². The summed E-state index contributed by atoms with van der Waals surface area (Å²) >= 11 is 0. The van der Waals surface area contributed by atoms with E-state index in [-0.39, 0.29) is 0 Å². The van der Waals surface area contributed by atoms with E-state index in [0.29, 0.717) is 0 Å².